The molecule has 0 radical (unpaired) electrons. The highest BCUT2D eigenvalue weighted by Gasteiger charge is 1.95. The molecule has 0 saturated carbocycles. The summed E-state index contributed by atoms with van der Waals surface area (Å²) in [6, 6.07) is 0. The Labute approximate surface area is 70.7 Å². The van der Waals surface area contributed by atoms with Crippen molar-refractivity contribution < 1.29 is 9.53 Å². The molecular weight excluding hydrogens is 166 g/mol. The maximum atomic E-state index is 10.5. The van der Waals surface area contributed by atoms with Gasteiger partial charge in [-0.2, -0.15) is 0 Å². The molecule has 1 N–H and O–H groups in total. The lowest BCUT2D eigenvalue weighted by molar-refractivity contribution is 0.172. The molecule has 0 aliphatic carbocycles. The highest BCUT2D eigenvalue weighted by Crippen LogP contribution is 1.87. The van der Waals surface area contributed by atoms with Crippen LogP contribution >= 0.6 is 11.6 Å². The number of ether oxygens (including phenoxy) is 1. The molecular formula is C7H10ClNO2. The van der Waals surface area contributed by atoms with E-state index in [1.165, 1.54) is 12.6 Å². The maximum Gasteiger partial charge on any atom is 0.407 e. The van der Waals surface area contributed by atoms with E-state index in [2.05, 4.69) is 15.8 Å². The minimum Gasteiger partial charge on any atom is -0.453 e. The molecule has 0 saturated heterocycles. The van der Waals surface area contributed by atoms with Crippen LogP contribution in [0.1, 0.15) is 6.92 Å². The third kappa shape index (κ3) is 5.52. The number of hydrogen-bond acceptors (Lipinski definition) is 2. The van der Waals surface area contributed by atoms with Gasteiger partial charge in [-0.1, -0.05) is 11.6 Å². The second kappa shape index (κ2) is 5.83. The van der Waals surface area contributed by atoms with E-state index in [1.807, 2.05) is 0 Å². The Morgan fingerprint density at radius 3 is 2.91 bits per heavy atom. The van der Waals surface area contributed by atoms with Crippen LogP contribution in [0.2, 0.25) is 0 Å². The Morgan fingerprint density at radius 2 is 2.45 bits per heavy atom. The SMILES string of the molecule is COC(=O)NCC(C)=C=CCl. The van der Waals surface area contributed by atoms with Gasteiger partial charge in [0.1, 0.15) is 0 Å². The van der Waals surface area contributed by atoms with Gasteiger partial charge < -0.3 is 10.1 Å². The fourth-order valence-corrected chi connectivity index (χ4v) is 0.607. The molecule has 0 atom stereocenters. The molecule has 4 heteroatoms. The van der Waals surface area contributed by atoms with Crippen LogP contribution in [0, 0.1) is 0 Å². The van der Waals surface area contributed by atoms with Crippen LogP contribution in [0.15, 0.2) is 16.8 Å². The van der Waals surface area contributed by atoms with Gasteiger partial charge in [0, 0.05) is 12.1 Å². The smallest absolute Gasteiger partial charge is 0.407 e. The van der Waals surface area contributed by atoms with E-state index in [1.54, 1.807) is 6.92 Å². The third-order valence-electron chi connectivity index (χ3n) is 0.984. The zero-order valence-electron chi connectivity index (χ0n) is 6.48. The summed E-state index contributed by atoms with van der Waals surface area (Å²) in [5.41, 5.74) is 4.82. The van der Waals surface area contributed by atoms with E-state index in [0.717, 1.165) is 5.57 Å². The fraction of sp³-hybridized carbons (Fsp3) is 0.429. The molecule has 1 amide bonds. The normalized spacial score (nSPS) is 7.91. The fourth-order valence-electron chi connectivity index (χ4n) is 0.421. The quantitative estimate of drug-likeness (QED) is 0.648. The molecule has 0 heterocycles. The van der Waals surface area contributed by atoms with Crippen molar-refractivity contribution in [3.63, 3.8) is 0 Å². The average molecular weight is 176 g/mol. The number of hydrogen-bond donors (Lipinski definition) is 1. The van der Waals surface area contributed by atoms with E-state index in [-0.39, 0.29) is 0 Å². The molecule has 0 aromatic carbocycles. The monoisotopic (exact) mass is 175 g/mol. The number of rotatable bonds is 2. The molecule has 0 aliphatic heterocycles. The van der Waals surface area contributed by atoms with Gasteiger partial charge in [0.2, 0.25) is 0 Å². The zero-order valence-corrected chi connectivity index (χ0v) is 7.23. The largest absolute Gasteiger partial charge is 0.453 e. The third-order valence-corrected chi connectivity index (χ3v) is 1.09. The van der Waals surface area contributed by atoms with Crippen LogP contribution in [0.4, 0.5) is 4.79 Å². The Kier molecular flexibility index (Phi) is 5.35. The lowest BCUT2D eigenvalue weighted by Crippen LogP contribution is -2.24. The highest BCUT2D eigenvalue weighted by molar-refractivity contribution is 6.25. The summed E-state index contributed by atoms with van der Waals surface area (Å²) in [6.45, 7) is 2.20. The predicted molar refractivity (Wildman–Crippen MR) is 43.5 cm³/mol. The van der Waals surface area contributed by atoms with Crippen LogP contribution in [0.25, 0.3) is 0 Å². The molecule has 0 fully saturated rings. The van der Waals surface area contributed by atoms with Crippen LogP contribution in [-0.2, 0) is 4.74 Å². The van der Waals surface area contributed by atoms with Crippen LogP contribution in [0.3, 0.4) is 0 Å². The molecule has 0 spiro atoms. The molecule has 0 unspecified atom stereocenters. The molecule has 0 aromatic rings. The van der Waals surface area contributed by atoms with Gasteiger partial charge in [-0.15, -0.1) is 5.73 Å². The number of alkyl carbamates (subject to hydrolysis) is 1. The summed E-state index contributed by atoms with van der Waals surface area (Å²) in [6.07, 6.45) is -0.458. The molecule has 11 heavy (non-hydrogen) atoms. The lowest BCUT2D eigenvalue weighted by Gasteiger charge is -2.00. The molecule has 0 bridgehead atoms. The standard InChI is InChI=1S/C7H10ClNO2/c1-6(3-4-8)5-9-7(10)11-2/h4H,5H2,1-2H3,(H,9,10). The van der Waals surface area contributed by atoms with Crippen LogP contribution in [-0.4, -0.2) is 19.7 Å². The summed E-state index contributed by atoms with van der Waals surface area (Å²) < 4.78 is 4.34. The number of halogens is 1. The Morgan fingerprint density at radius 1 is 1.82 bits per heavy atom. The first kappa shape index (κ1) is 10.1. The van der Waals surface area contributed by atoms with Crippen LogP contribution < -0.4 is 5.32 Å². The van der Waals surface area contributed by atoms with Crippen molar-refractivity contribution in [2.24, 2.45) is 0 Å². The van der Waals surface area contributed by atoms with Gasteiger partial charge in [-0.25, -0.2) is 4.79 Å². The van der Waals surface area contributed by atoms with E-state index < -0.39 is 6.09 Å². The first-order valence-corrected chi connectivity index (χ1v) is 3.47. The van der Waals surface area contributed by atoms with Crippen molar-refractivity contribution in [2.75, 3.05) is 13.7 Å². The molecule has 62 valence electrons. The average Bonchev–Trinajstić information content (AvgIpc) is 2.01. The van der Waals surface area contributed by atoms with E-state index in [9.17, 15) is 4.79 Å². The van der Waals surface area contributed by atoms with E-state index >= 15 is 0 Å². The maximum absolute atomic E-state index is 10.5. The summed E-state index contributed by atoms with van der Waals surface area (Å²) in [4.78, 5) is 10.5. The van der Waals surface area contributed by atoms with Gasteiger partial charge >= 0.3 is 6.09 Å². The minimum absolute atomic E-state index is 0.399. The summed E-state index contributed by atoms with van der Waals surface area (Å²) in [5, 5.41) is 2.48. The van der Waals surface area contributed by atoms with Gasteiger partial charge in [-0.05, 0) is 12.5 Å². The van der Waals surface area contributed by atoms with Gasteiger partial charge in [0.05, 0.1) is 7.11 Å². The Hall–Kier alpha value is -0.920. The van der Waals surface area contributed by atoms with Crippen molar-refractivity contribution in [2.45, 2.75) is 6.92 Å². The Balaban J connectivity index is 3.71. The number of methoxy groups -OCH3 is 1. The van der Waals surface area contributed by atoms with Crippen molar-refractivity contribution in [3.05, 3.63) is 16.8 Å². The molecule has 0 aromatic heterocycles. The van der Waals surface area contributed by atoms with E-state index in [4.69, 9.17) is 11.6 Å². The first-order valence-electron chi connectivity index (χ1n) is 3.03. The minimum atomic E-state index is -0.458. The zero-order chi connectivity index (χ0) is 8.69. The van der Waals surface area contributed by atoms with Crippen LogP contribution in [0.5, 0.6) is 0 Å². The number of amides is 1. The van der Waals surface area contributed by atoms with Crippen molar-refractivity contribution >= 4 is 17.7 Å². The van der Waals surface area contributed by atoms with Crippen molar-refractivity contribution in [1.82, 2.24) is 5.32 Å². The van der Waals surface area contributed by atoms with Crippen molar-refractivity contribution in [1.29, 1.82) is 0 Å². The summed E-state index contributed by atoms with van der Waals surface area (Å²) in [7, 11) is 1.31. The van der Waals surface area contributed by atoms with E-state index in [0.29, 0.717) is 6.54 Å². The topological polar surface area (TPSA) is 38.3 Å². The summed E-state index contributed by atoms with van der Waals surface area (Å²) in [5.74, 6) is 0. The second-order valence-electron chi connectivity index (χ2n) is 1.88. The molecule has 0 aliphatic rings. The molecule has 0 rings (SSSR count). The second-order valence-corrected chi connectivity index (χ2v) is 2.10. The summed E-state index contributed by atoms with van der Waals surface area (Å²) >= 11 is 5.24. The highest BCUT2D eigenvalue weighted by atomic mass is 35.5. The van der Waals surface area contributed by atoms with Crippen molar-refractivity contribution in [3.8, 4) is 0 Å². The van der Waals surface area contributed by atoms with Gasteiger partial charge in [-0.3, -0.25) is 0 Å². The number of nitrogens with one attached hydrogen (secondary N) is 1. The predicted octanol–water partition coefficient (Wildman–Crippen LogP) is 1.64. The Bertz CT molecular complexity index is 195. The lowest BCUT2D eigenvalue weighted by atomic mass is 10.3. The van der Waals surface area contributed by atoms with Gasteiger partial charge in [0.25, 0.3) is 0 Å². The number of carbonyl (C=O) groups excluding carboxylic acids is 1. The number of carbonyl (C=O) groups is 1. The molecule has 3 nitrogen and oxygen atoms in total. The van der Waals surface area contributed by atoms with Gasteiger partial charge in [0.15, 0.2) is 0 Å². The first-order chi connectivity index (χ1) is 5.20.